The molecule has 1 aliphatic carbocycles. The van der Waals surface area contributed by atoms with E-state index in [-0.39, 0.29) is 12.1 Å². The first-order valence-electron chi connectivity index (χ1n) is 6.37. The lowest BCUT2D eigenvalue weighted by atomic mass is 10.0. The fourth-order valence-corrected chi connectivity index (χ4v) is 2.20. The Bertz CT molecular complexity index is 379. The van der Waals surface area contributed by atoms with E-state index in [4.69, 9.17) is 5.73 Å². The van der Waals surface area contributed by atoms with Gasteiger partial charge in [-0.3, -0.25) is 0 Å². The number of aryl methyl sites for hydroxylation is 2. The fraction of sp³-hybridized carbons (Fsp3) is 0.750. The van der Waals surface area contributed by atoms with Crippen LogP contribution in [0.4, 0.5) is 5.95 Å². The van der Waals surface area contributed by atoms with E-state index in [0.717, 1.165) is 24.2 Å². The molecule has 3 N–H and O–H groups in total. The van der Waals surface area contributed by atoms with Gasteiger partial charge in [0.1, 0.15) is 0 Å². The van der Waals surface area contributed by atoms with Gasteiger partial charge >= 0.3 is 0 Å². The Balaban J connectivity index is 2.05. The molecule has 94 valence electrons. The second-order valence-electron chi connectivity index (χ2n) is 4.86. The van der Waals surface area contributed by atoms with Gasteiger partial charge in [-0.25, -0.2) is 4.98 Å². The number of rotatable bonds is 2. The molecule has 2 atom stereocenters. The van der Waals surface area contributed by atoms with Crippen molar-refractivity contribution in [2.24, 2.45) is 5.73 Å². The zero-order valence-electron chi connectivity index (χ0n) is 10.6. The maximum atomic E-state index is 6.16. The molecule has 0 bridgehead atoms. The van der Waals surface area contributed by atoms with Gasteiger partial charge in [0.15, 0.2) is 0 Å². The van der Waals surface area contributed by atoms with Crippen molar-refractivity contribution in [3.05, 3.63) is 11.4 Å². The minimum absolute atomic E-state index is 0.197. The average molecular weight is 235 g/mol. The molecule has 0 spiro atoms. The molecular formula is C12H21N5. The van der Waals surface area contributed by atoms with Gasteiger partial charge in [0.05, 0.1) is 11.4 Å². The standard InChI is InChI=1S/C12H21N5/c1-8-9(2)16-17-12(14-8)15-11-7-5-3-4-6-10(11)13/h10-11H,3-7,13H2,1-2H3,(H,14,15,17). The minimum atomic E-state index is 0.197. The quantitative estimate of drug-likeness (QED) is 0.761. The second-order valence-corrected chi connectivity index (χ2v) is 4.86. The van der Waals surface area contributed by atoms with Crippen LogP contribution in [-0.4, -0.2) is 27.3 Å². The van der Waals surface area contributed by atoms with Gasteiger partial charge in [0, 0.05) is 12.1 Å². The van der Waals surface area contributed by atoms with Crippen LogP contribution < -0.4 is 11.1 Å². The van der Waals surface area contributed by atoms with Crippen molar-refractivity contribution in [3.63, 3.8) is 0 Å². The van der Waals surface area contributed by atoms with Crippen LogP contribution in [0.5, 0.6) is 0 Å². The monoisotopic (exact) mass is 235 g/mol. The van der Waals surface area contributed by atoms with Crippen molar-refractivity contribution in [2.75, 3.05) is 5.32 Å². The third-order valence-electron chi connectivity index (χ3n) is 3.48. The van der Waals surface area contributed by atoms with Crippen LogP contribution in [0.1, 0.15) is 43.5 Å². The van der Waals surface area contributed by atoms with E-state index in [0.29, 0.717) is 5.95 Å². The first-order chi connectivity index (χ1) is 8.16. The van der Waals surface area contributed by atoms with Crippen LogP contribution in [0.15, 0.2) is 0 Å². The van der Waals surface area contributed by atoms with E-state index in [1.54, 1.807) is 0 Å². The molecule has 1 aromatic rings. The summed E-state index contributed by atoms with van der Waals surface area (Å²) >= 11 is 0. The Morgan fingerprint density at radius 2 is 1.82 bits per heavy atom. The molecule has 0 radical (unpaired) electrons. The van der Waals surface area contributed by atoms with E-state index in [2.05, 4.69) is 20.5 Å². The normalized spacial score (nSPS) is 25.4. The summed E-state index contributed by atoms with van der Waals surface area (Å²) in [5.74, 6) is 0.607. The van der Waals surface area contributed by atoms with E-state index in [1.807, 2.05) is 13.8 Å². The van der Waals surface area contributed by atoms with Crippen LogP contribution in [0, 0.1) is 13.8 Å². The van der Waals surface area contributed by atoms with Crippen LogP contribution in [0.25, 0.3) is 0 Å². The van der Waals surface area contributed by atoms with Crippen LogP contribution >= 0.6 is 0 Å². The number of hydrogen-bond acceptors (Lipinski definition) is 5. The zero-order chi connectivity index (χ0) is 12.3. The van der Waals surface area contributed by atoms with E-state index in [9.17, 15) is 0 Å². The van der Waals surface area contributed by atoms with Gasteiger partial charge in [-0.15, -0.1) is 5.10 Å². The number of anilines is 1. The lowest BCUT2D eigenvalue weighted by Gasteiger charge is -2.22. The summed E-state index contributed by atoms with van der Waals surface area (Å²) in [6, 6.07) is 0.476. The Labute approximate surface area is 102 Å². The summed E-state index contributed by atoms with van der Waals surface area (Å²) < 4.78 is 0. The third kappa shape index (κ3) is 3.12. The van der Waals surface area contributed by atoms with Crippen molar-refractivity contribution in [3.8, 4) is 0 Å². The first-order valence-corrected chi connectivity index (χ1v) is 6.37. The molecule has 1 aromatic heterocycles. The number of nitrogens with two attached hydrogens (primary N) is 1. The highest BCUT2D eigenvalue weighted by molar-refractivity contribution is 5.27. The molecule has 1 saturated carbocycles. The number of hydrogen-bond donors (Lipinski definition) is 2. The fourth-order valence-electron chi connectivity index (χ4n) is 2.20. The van der Waals surface area contributed by atoms with E-state index in [1.165, 1.54) is 19.3 Å². The molecule has 17 heavy (non-hydrogen) atoms. The zero-order valence-corrected chi connectivity index (χ0v) is 10.6. The maximum Gasteiger partial charge on any atom is 0.243 e. The lowest BCUT2D eigenvalue weighted by Crippen LogP contribution is -2.39. The first kappa shape index (κ1) is 12.2. The number of nitrogens with one attached hydrogen (secondary N) is 1. The Hall–Kier alpha value is -1.23. The Morgan fingerprint density at radius 3 is 2.59 bits per heavy atom. The molecule has 0 aromatic carbocycles. The number of nitrogens with zero attached hydrogens (tertiary/aromatic N) is 3. The Kier molecular flexibility index (Phi) is 3.89. The molecule has 2 rings (SSSR count). The third-order valence-corrected chi connectivity index (χ3v) is 3.48. The predicted molar refractivity (Wildman–Crippen MR) is 67.8 cm³/mol. The SMILES string of the molecule is Cc1nnc(NC2CCCCCC2N)nc1C. The van der Waals surface area contributed by atoms with Crippen LogP contribution in [0.2, 0.25) is 0 Å². The van der Waals surface area contributed by atoms with Gasteiger partial charge < -0.3 is 11.1 Å². The molecule has 0 aliphatic heterocycles. The number of aromatic nitrogens is 3. The van der Waals surface area contributed by atoms with Crippen molar-refractivity contribution >= 4 is 5.95 Å². The largest absolute Gasteiger partial charge is 0.349 e. The van der Waals surface area contributed by atoms with Crippen molar-refractivity contribution in [1.82, 2.24) is 15.2 Å². The molecule has 5 heteroatoms. The summed E-state index contributed by atoms with van der Waals surface area (Å²) in [4.78, 5) is 4.39. The minimum Gasteiger partial charge on any atom is -0.349 e. The maximum absolute atomic E-state index is 6.16. The average Bonchev–Trinajstić information content (AvgIpc) is 2.50. The van der Waals surface area contributed by atoms with Gasteiger partial charge in [0.25, 0.3) is 0 Å². The topological polar surface area (TPSA) is 76.7 Å². The summed E-state index contributed by atoms with van der Waals surface area (Å²) in [6.07, 6.45) is 5.90. The van der Waals surface area contributed by atoms with Gasteiger partial charge in [-0.1, -0.05) is 19.3 Å². The second kappa shape index (κ2) is 5.40. The molecule has 2 unspecified atom stereocenters. The molecule has 1 aliphatic rings. The van der Waals surface area contributed by atoms with Gasteiger partial charge in [-0.2, -0.15) is 5.10 Å². The summed E-state index contributed by atoms with van der Waals surface area (Å²) in [5, 5.41) is 11.5. The van der Waals surface area contributed by atoms with E-state index >= 15 is 0 Å². The van der Waals surface area contributed by atoms with Crippen molar-refractivity contribution < 1.29 is 0 Å². The van der Waals surface area contributed by atoms with Crippen LogP contribution in [-0.2, 0) is 0 Å². The molecule has 1 heterocycles. The highest BCUT2D eigenvalue weighted by atomic mass is 15.2. The molecule has 0 amide bonds. The predicted octanol–water partition coefficient (Wildman–Crippen LogP) is 1.56. The summed E-state index contributed by atoms with van der Waals surface area (Å²) in [5.41, 5.74) is 7.95. The highest BCUT2D eigenvalue weighted by Gasteiger charge is 2.21. The lowest BCUT2D eigenvalue weighted by molar-refractivity contribution is 0.524. The van der Waals surface area contributed by atoms with Crippen molar-refractivity contribution in [2.45, 2.75) is 58.0 Å². The molecule has 5 nitrogen and oxygen atoms in total. The molecule has 0 saturated heterocycles. The van der Waals surface area contributed by atoms with Gasteiger partial charge in [-0.05, 0) is 26.7 Å². The summed E-state index contributed by atoms with van der Waals surface area (Å²) in [6.45, 7) is 3.86. The molecular weight excluding hydrogens is 214 g/mol. The smallest absolute Gasteiger partial charge is 0.243 e. The van der Waals surface area contributed by atoms with Crippen LogP contribution in [0.3, 0.4) is 0 Å². The van der Waals surface area contributed by atoms with Gasteiger partial charge in [0.2, 0.25) is 5.95 Å². The molecule has 1 fully saturated rings. The van der Waals surface area contributed by atoms with Crippen molar-refractivity contribution in [1.29, 1.82) is 0 Å². The highest BCUT2D eigenvalue weighted by Crippen LogP contribution is 2.19. The Morgan fingerprint density at radius 1 is 1.06 bits per heavy atom. The summed E-state index contributed by atoms with van der Waals surface area (Å²) in [7, 11) is 0. The van der Waals surface area contributed by atoms with E-state index < -0.39 is 0 Å².